The number of nitrogens with zero attached hydrogens (tertiary/aromatic N) is 3. The fourth-order valence-corrected chi connectivity index (χ4v) is 7.56. The van der Waals surface area contributed by atoms with Crippen molar-refractivity contribution in [3.63, 3.8) is 0 Å². The molecule has 4 aromatic rings. The lowest BCUT2D eigenvalue weighted by Gasteiger charge is -2.29. The highest BCUT2D eigenvalue weighted by molar-refractivity contribution is 7.57. The Morgan fingerprint density at radius 3 is 2.23 bits per heavy atom. The van der Waals surface area contributed by atoms with E-state index < -0.39 is 46.6 Å². The van der Waals surface area contributed by atoms with Gasteiger partial charge in [0.25, 0.3) is 5.91 Å². The van der Waals surface area contributed by atoms with Crippen molar-refractivity contribution in [2.24, 2.45) is 5.73 Å². The summed E-state index contributed by atoms with van der Waals surface area (Å²) in [6, 6.07) is 15.0. The molecule has 5 rings (SSSR count). The van der Waals surface area contributed by atoms with Gasteiger partial charge in [-0.1, -0.05) is 59.9 Å². The Morgan fingerprint density at radius 2 is 1.73 bits per heavy atom. The number of aliphatic carboxylic acids is 1. The first-order valence-corrected chi connectivity index (χ1v) is 25.3. The minimum atomic E-state index is -4.52. The number of furan rings is 1. The number of halogens is 7. The standard InChI is InChI=1S/C15H11ClF3NO4.C14H20ClNO2.C11H13Cl2NO3.C5H12NO4P/c1-2-23-14-8-10(4-5-12(14)20(21)22)24-13-6-3-9(7-11(13)16)15(17,18)19;1-4-12-8-6-7-11(3)14(12)16(10-18-5-2)13(17)9-15;1-11(2)14(10(15)9(12)13)6-8(17-11)7-4-3-5-16-7;1-11(9,10)3-2-4(6)5(7)8/h3-8H,2H2,1H3;6-8H,4-5,9-10H2,1-3H3;3-5,8-9H,6H2,1-2H3;4H,2-3,6H2,1H3,(H,7,8)(H,9,10). The number of nitro benzene ring substituents is 1. The fraction of sp³-hybridized carbons (Fsp3) is 0.444. The lowest BCUT2D eigenvalue weighted by molar-refractivity contribution is -0.385. The number of nitro groups is 1. The van der Waals surface area contributed by atoms with Crippen molar-refractivity contribution in [2.75, 3.05) is 50.1 Å². The molecule has 1 aromatic heterocycles. The molecule has 25 heteroatoms. The topological polar surface area (TPSA) is 234 Å². The summed E-state index contributed by atoms with van der Waals surface area (Å²) in [7, 11) is -3.10. The molecule has 0 radical (unpaired) electrons. The molecule has 3 unspecified atom stereocenters. The summed E-state index contributed by atoms with van der Waals surface area (Å²) < 4.78 is 75.4. The number of hydrogen-bond acceptors (Lipinski definition) is 12. The molecule has 4 N–H and O–H groups in total. The molecule has 0 spiro atoms. The Bertz CT molecular complexity index is 2390. The van der Waals surface area contributed by atoms with E-state index in [1.807, 2.05) is 38.1 Å². The molecule has 3 aromatic carbocycles. The molecule has 3 atom stereocenters. The summed E-state index contributed by atoms with van der Waals surface area (Å²) in [5.41, 5.74) is 6.33. The van der Waals surface area contributed by atoms with Gasteiger partial charge < -0.3 is 44.0 Å². The van der Waals surface area contributed by atoms with E-state index in [1.165, 1.54) is 29.8 Å². The maximum Gasteiger partial charge on any atom is 0.416 e. The minimum Gasteiger partial charge on any atom is -0.487 e. The molecule has 2 heterocycles. The average molecular weight is 1090 g/mol. The number of rotatable bonds is 17. The van der Waals surface area contributed by atoms with E-state index in [9.17, 15) is 42.2 Å². The fourth-order valence-electron chi connectivity index (χ4n) is 6.21. The van der Waals surface area contributed by atoms with Crippen molar-refractivity contribution < 1.29 is 70.4 Å². The monoisotopic (exact) mass is 1090 g/mol. The number of aryl methyl sites for hydroxylation is 2. The summed E-state index contributed by atoms with van der Waals surface area (Å²) in [4.78, 5) is 55.0. The van der Waals surface area contributed by atoms with Crippen LogP contribution in [0.4, 0.5) is 24.5 Å². The van der Waals surface area contributed by atoms with Crippen LogP contribution in [0.25, 0.3) is 0 Å². The highest BCUT2D eigenvalue weighted by atomic mass is 35.5. The maximum atomic E-state index is 12.6. The van der Waals surface area contributed by atoms with Crippen LogP contribution in [-0.4, -0.2) is 99.4 Å². The molecular weight excluding hydrogens is 1030 g/mol. The van der Waals surface area contributed by atoms with Crippen LogP contribution >= 0.6 is 53.8 Å². The zero-order valence-corrected chi connectivity index (χ0v) is 43.1. The van der Waals surface area contributed by atoms with Crippen LogP contribution in [0.5, 0.6) is 17.2 Å². The lowest BCUT2D eigenvalue weighted by Crippen LogP contribution is -2.45. The molecule has 1 aliphatic heterocycles. The Balaban J connectivity index is 0.000000331. The van der Waals surface area contributed by atoms with Gasteiger partial charge in [-0.2, -0.15) is 13.2 Å². The summed E-state index contributed by atoms with van der Waals surface area (Å²) in [6.45, 7) is 13.8. The molecule has 1 aliphatic rings. The zero-order chi connectivity index (χ0) is 53.1. The van der Waals surface area contributed by atoms with Gasteiger partial charge in [-0.25, -0.2) is 0 Å². The smallest absolute Gasteiger partial charge is 0.416 e. The van der Waals surface area contributed by atoms with Gasteiger partial charge in [0.05, 0.1) is 40.6 Å². The number of carbonyl (C=O) groups excluding carboxylic acids is 2. The molecule has 0 saturated carbocycles. The van der Waals surface area contributed by atoms with Crippen LogP contribution in [0.1, 0.15) is 69.6 Å². The maximum absolute atomic E-state index is 12.6. The first kappa shape index (κ1) is 61.5. The Kier molecular flexibility index (Phi) is 25.0. The van der Waals surface area contributed by atoms with E-state index in [-0.39, 0.29) is 77.7 Å². The van der Waals surface area contributed by atoms with Crippen molar-refractivity contribution >= 4 is 82.9 Å². The third-order valence-corrected chi connectivity index (χ3v) is 11.6. The van der Waals surface area contributed by atoms with Crippen LogP contribution in [-0.2, 0) is 41.0 Å². The van der Waals surface area contributed by atoms with Crippen molar-refractivity contribution in [1.29, 1.82) is 0 Å². The number of benzene rings is 3. The Hall–Kier alpha value is -4.63. The molecule has 1 fully saturated rings. The number of hydrogen-bond donors (Lipinski definition) is 3. The van der Waals surface area contributed by atoms with Gasteiger partial charge in [-0.15, -0.1) is 11.6 Å². The van der Waals surface area contributed by atoms with Crippen molar-refractivity contribution in [2.45, 2.75) is 83.3 Å². The number of ether oxygens (including phenoxy) is 4. The van der Waals surface area contributed by atoms with Gasteiger partial charge in [0, 0.05) is 31.6 Å². The number of carboxylic acids is 1. The predicted octanol–water partition coefficient (Wildman–Crippen LogP) is 11.0. The first-order valence-electron chi connectivity index (χ1n) is 21.2. The van der Waals surface area contributed by atoms with E-state index in [4.69, 9.17) is 85.5 Å². The second kappa shape index (κ2) is 28.4. The predicted molar refractivity (Wildman–Crippen MR) is 261 cm³/mol. The molecule has 0 aliphatic carbocycles. The van der Waals surface area contributed by atoms with Crippen LogP contribution in [0.2, 0.25) is 5.02 Å². The summed E-state index contributed by atoms with van der Waals surface area (Å²) in [5, 5.41) is 19.0. The second-order valence-corrected chi connectivity index (χ2v) is 19.7. The molecule has 1 saturated heterocycles. The molecule has 2 amide bonds. The summed E-state index contributed by atoms with van der Waals surface area (Å²) >= 11 is 22.7. The van der Waals surface area contributed by atoms with Crippen LogP contribution in [0.3, 0.4) is 0 Å². The summed E-state index contributed by atoms with van der Waals surface area (Å²) in [5.74, 6) is -0.853. The first-order chi connectivity index (χ1) is 32.6. The third kappa shape index (κ3) is 19.5. The van der Waals surface area contributed by atoms with Crippen molar-refractivity contribution in [3.05, 3.63) is 111 Å². The number of amides is 2. The quantitative estimate of drug-likeness (QED) is 0.0293. The van der Waals surface area contributed by atoms with E-state index in [2.05, 4.69) is 6.92 Å². The number of anilines is 1. The highest BCUT2D eigenvalue weighted by Gasteiger charge is 2.45. The van der Waals surface area contributed by atoms with Gasteiger partial charge >= 0.3 is 17.8 Å². The largest absolute Gasteiger partial charge is 0.487 e. The molecule has 17 nitrogen and oxygen atoms in total. The normalized spacial score (nSPS) is 15.2. The van der Waals surface area contributed by atoms with Crippen LogP contribution < -0.4 is 20.1 Å². The number of carboxylic acid groups (broad SMARTS) is 1. The third-order valence-electron chi connectivity index (χ3n) is 9.64. The van der Waals surface area contributed by atoms with Crippen LogP contribution in [0, 0.1) is 17.0 Å². The minimum absolute atomic E-state index is 0.0111. The second-order valence-electron chi connectivity index (χ2n) is 15.4. The van der Waals surface area contributed by atoms with Gasteiger partial charge in [-0.05, 0) is 95.0 Å². The number of alkyl halides is 6. The van der Waals surface area contributed by atoms with Gasteiger partial charge in [-0.3, -0.25) is 34.0 Å². The van der Waals surface area contributed by atoms with Gasteiger partial charge in [0.1, 0.15) is 47.7 Å². The van der Waals surface area contributed by atoms with Crippen molar-refractivity contribution in [1.82, 2.24) is 4.90 Å². The molecule has 70 heavy (non-hydrogen) atoms. The number of carbonyl (C=O) groups is 3. The van der Waals surface area contributed by atoms with E-state index in [1.54, 1.807) is 38.0 Å². The molecular formula is C45H56Cl4F3N4O13P. The SMILES string of the molecule is CC1(C)OC(c2ccco2)CN1C(=O)C(Cl)Cl.CCOCN(C(=O)CCl)c1c(C)cccc1CC.CCOc1cc(Oc2ccc(C(F)(F)F)cc2Cl)ccc1[N+](=O)[O-].CP(=O)(O)CCC(N)C(=O)O. The van der Waals surface area contributed by atoms with Gasteiger partial charge in [0.2, 0.25) is 11.7 Å². The zero-order valence-electron chi connectivity index (χ0n) is 39.2. The van der Waals surface area contributed by atoms with Crippen molar-refractivity contribution in [3.8, 4) is 17.2 Å². The highest BCUT2D eigenvalue weighted by Crippen LogP contribution is 2.40. The summed E-state index contributed by atoms with van der Waals surface area (Å²) in [6.07, 6.45) is -2.36. The van der Waals surface area contributed by atoms with E-state index >= 15 is 0 Å². The molecule has 0 bridgehead atoms. The molecule has 388 valence electrons. The Morgan fingerprint density at radius 1 is 1.06 bits per heavy atom. The lowest BCUT2D eigenvalue weighted by atomic mass is 10.0. The van der Waals surface area contributed by atoms with E-state index in [0.29, 0.717) is 18.9 Å². The number of para-hydroxylation sites is 1. The average Bonchev–Trinajstić information content (AvgIpc) is 3.94. The Labute approximate surface area is 423 Å². The van der Waals surface area contributed by atoms with Gasteiger partial charge in [0.15, 0.2) is 12.2 Å². The van der Waals surface area contributed by atoms with E-state index in [0.717, 1.165) is 41.4 Å². The van der Waals surface area contributed by atoms with Crippen LogP contribution in [0.15, 0.2) is 77.4 Å². The number of nitrogens with two attached hydrogens (primary N) is 1.